The fourth-order valence-corrected chi connectivity index (χ4v) is 2.73. The summed E-state index contributed by atoms with van der Waals surface area (Å²) in [6.45, 7) is 0.180. The summed E-state index contributed by atoms with van der Waals surface area (Å²) >= 11 is 0. The molecule has 1 unspecified atom stereocenters. The van der Waals surface area contributed by atoms with Crippen molar-refractivity contribution in [3.63, 3.8) is 0 Å². The Morgan fingerprint density at radius 1 is 1.25 bits per heavy atom. The first-order valence-electron chi connectivity index (χ1n) is 5.39. The molecule has 1 heterocycles. The minimum Gasteiger partial charge on any atom is -0.465 e. The van der Waals surface area contributed by atoms with E-state index in [0.717, 1.165) is 4.90 Å². The van der Waals surface area contributed by atoms with E-state index in [9.17, 15) is 18.7 Å². The number of hydrogen-bond acceptors (Lipinski definition) is 2. The van der Waals surface area contributed by atoms with E-state index < -0.39 is 23.7 Å². The summed E-state index contributed by atoms with van der Waals surface area (Å²) in [7, 11) is 0. The van der Waals surface area contributed by atoms with Crippen molar-refractivity contribution in [1.82, 2.24) is 4.90 Å². The van der Waals surface area contributed by atoms with Crippen LogP contribution in [-0.4, -0.2) is 39.9 Å². The van der Waals surface area contributed by atoms with Gasteiger partial charge in [0.2, 0.25) is 5.92 Å². The van der Waals surface area contributed by atoms with Gasteiger partial charge < -0.3 is 10.2 Å². The van der Waals surface area contributed by atoms with Crippen LogP contribution in [0, 0.1) is 5.41 Å². The summed E-state index contributed by atoms with van der Waals surface area (Å²) < 4.78 is 26.0. The molecule has 1 amide bonds. The highest BCUT2D eigenvalue weighted by Crippen LogP contribution is 2.49. The van der Waals surface area contributed by atoms with Crippen LogP contribution in [0.3, 0.4) is 0 Å². The molecule has 6 heteroatoms. The number of likely N-dealkylation sites (tertiary alicyclic amines) is 1. The summed E-state index contributed by atoms with van der Waals surface area (Å²) in [5, 5.41) is 18.4. The Morgan fingerprint density at radius 3 is 2.25 bits per heavy atom. The van der Waals surface area contributed by atoms with Gasteiger partial charge in [-0.25, -0.2) is 13.6 Å². The smallest absolute Gasteiger partial charge is 0.409 e. The van der Waals surface area contributed by atoms with Gasteiger partial charge in [-0.3, -0.25) is 4.90 Å². The van der Waals surface area contributed by atoms with Crippen molar-refractivity contribution in [3.05, 3.63) is 0 Å². The van der Waals surface area contributed by atoms with E-state index >= 15 is 0 Å². The molecule has 2 N–H and O–H groups in total. The Labute approximate surface area is 91.9 Å². The van der Waals surface area contributed by atoms with Gasteiger partial charge in [-0.1, -0.05) is 0 Å². The van der Waals surface area contributed by atoms with Crippen LogP contribution < -0.4 is 0 Å². The number of carboxylic acid groups (broad SMARTS) is 1. The first-order chi connectivity index (χ1) is 7.34. The van der Waals surface area contributed by atoms with E-state index in [1.807, 2.05) is 0 Å². The van der Waals surface area contributed by atoms with Gasteiger partial charge >= 0.3 is 6.09 Å². The molecular formula is C10H15F2NO3. The fourth-order valence-electron chi connectivity index (χ4n) is 2.73. The van der Waals surface area contributed by atoms with E-state index in [-0.39, 0.29) is 25.8 Å². The van der Waals surface area contributed by atoms with Gasteiger partial charge in [-0.05, 0) is 24.7 Å². The van der Waals surface area contributed by atoms with Crippen LogP contribution in [0.15, 0.2) is 0 Å². The second-order valence-corrected chi connectivity index (χ2v) is 4.95. The standard InChI is InChI=1S/C10H15F2NO3/c11-10(12)3-1-9(2-4-10)5-7(14)13(6-9)8(15)16/h7,14H,1-6H2,(H,15,16). The molecule has 2 fully saturated rings. The van der Waals surface area contributed by atoms with Crippen molar-refractivity contribution >= 4 is 6.09 Å². The number of nitrogens with zero attached hydrogens (tertiary/aromatic N) is 1. The van der Waals surface area contributed by atoms with Gasteiger partial charge in [0.1, 0.15) is 6.23 Å². The van der Waals surface area contributed by atoms with Gasteiger partial charge in [-0.2, -0.15) is 0 Å². The van der Waals surface area contributed by atoms with E-state index in [1.54, 1.807) is 0 Å². The molecule has 16 heavy (non-hydrogen) atoms. The minimum atomic E-state index is -2.62. The maximum Gasteiger partial charge on any atom is 0.409 e. The minimum absolute atomic E-state index is 0.180. The zero-order chi connectivity index (χ0) is 12.0. The summed E-state index contributed by atoms with van der Waals surface area (Å²) in [4.78, 5) is 11.7. The predicted octanol–water partition coefficient (Wildman–Crippen LogP) is 1.88. The van der Waals surface area contributed by atoms with Gasteiger partial charge in [-0.15, -0.1) is 0 Å². The number of rotatable bonds is 0. The molecule has 0 aromatic heterocycles. The van der Waals surface area contributed by atoms with E-state index in [4.69, 9.17) is 5.11 Å². The highest BCUT2D eigenvalue weighted by Gasteiger charge is 2.50. The van der Waals surface area contributed by atoms with E-state index in [0.29, 0.717) is 12.8 Å². The molecule has 1 saturated heterocycles. The lowest BCUT2D eigenvalue weighted by Crippen LogP contribution is -2.37. The van der Waals surface area contributed by atoms with Crippen molar-refractivity contribution in [2.75, 3.05) is 6.54 Å². The van der Waals surface area contributed by atoms with Crippen molar-refractivity contribution in [3.8, 4) is 0 Å². The topological polar surface area (TPSA) is 60.8 Å². The zero-order valence-corrected chi connectivity index (χ0v) is 8.83. The zero-order valence-electron chi connectivity index (χ0n) is 8.83. The second-order valence-electron chi connectivity index (χ2n) is 4.95. The molecule has 92 valence electrons. The Hall–Kier alpha value is -0.910. The van der Waals surface area contributed by atoms with Crippen molar-refractivity contribution in [1.29, 1.82) is 0 Å². The number of alkyl halides is 2. The Kier molecular flexibility index (Phi) is 2.57. The van der Waals surface area contributed by atoms with E-state index in [1.165, 1.54) is 0 Å². The number of halogens is 2. The van der Waals surface area contributed by atoms with Crippen LogP contribution in [0.1, 0.15) is 32.1 Å². The van der Waals surface area contributed by atoms with Crippen LogP contribution >= 0.6 is 0 Å². The molecule has 0 aromatic carbocycles. The third-order valence-corrected chi connectivity index (χ3v) is 3.77. The van der Waals surface area contributed by atoms with Gasteiger partial charge in [0.15, 0.2) is 0 Å². The van der Waals surface area contributed by atoms with Crippen LogP contribution in [0.2, 0.25) is 0 Å². The van der Waals surface area contributed by atoms with Crippen LogP contribution in [0.4, 0.5) is 13.6 Å². The molecule has 1 atom stereocenters. The second kappa shape index (κ2) is 3.55. The Bertz CT molecular complexity index is 298. The third kappa shape index (κ3) is 1.98. The maximum absolute atomic E-state index is 13.0. The molecule has 0 aromatic rings. The molecule has 1 saturated carbocycles. The molecule has 1 spiro atoms. The van der Waals surface area contributed by atoms with Crippen molar-refractivity contribution in [2.24, 2.45) is 5.41 Å². The van der Waals surface area contributed by atoms with Gasteiger partial charge in [0.05, 0.1) is 0 Å². The first kappa shape index (κ1) is 11.6. The number of aliphatic hydroxyl groups is 1. The lowest BCUT2D eigenvalue weighted by Gasteiger charge is -2.36. The average Bonchev–Trinajstić information content (AvgIpc) is 2.50. The largest absolute Gasteiger partial charge is 0.465 e. The molecule has 0 bridgehead atoms. The highest BCUT2D eigenvalue weighted by molar-refractivity contribution is 5.65. The summed E-state index contributed by atoms with van der Waals surface area (Å²) in [5.41, 5.74) is -0.431. The lowest BCUT2D eigenvalue weighted by atomic mass is 9.72. The predicted molar refractivity (Wildman–Crippen MR) is 51.2 cm³/mol. The Balaban J connectivity index is 2.05. The summed E-state index contributed by atoms with van der Waals surface area (Å²) in [5.74, 6) is -2.62. The number of hydrogen-bond donors (Lipinski definition) is 2. The number of aliphatic hydroxyl groups excluding tert-OH is 1. The summed E-state index contributed by atoms with van der Waals surface area (Å²) in [6.07, 6.45) is -1.75. The van der Waals surface area contributed by atoms with Gasteiger partial charge in [0.25, 0.3) is 0 Å². The molecule has 0 radical (unpaired) electrons. The normalized spacial score (nSPS) is 31.9. The molecule has 4 nitrogen and oxygen atoms in total. The summed E-state index contributed by atoms with van der Waals surface area (Å²) in [6, 6.07) is 0. The number of carbonyl (C=O) groups is 1. The highest BCUT2D eigenvalue weighted by atomic mass is 19.3. The maximum atomic E-state index is 13.0. The molecule has 2 aliphatic rings. The molecule has 1 aliphatic heterocycles. The molecule has 1 aliphatic carbocycles. The van der Waals surface area contributed by atoms with Gasteiger partial charge in [0, 0.05) is 19.4 Å². The molecular weight excluding hydrogens is 220 g/mol. The fraction of sp³-hybridized carbons (Fsp3) is 0.900. The quantitative estimate of drug-likeness (QED) is 0.674. The van der Waals surface area contributed by atoms with Crippen molar-refractivity contribution < 1.29 is 23.8 Å². The van der Waals surface area contributed by atoms with Crippen molar-refractivity contribution in [2.45, 2.75) is 44.3 Å². The molecule has 2 rings (SSSR count). The van der Waals surface area contributed by atoms with Crippen LogP contribution in [-0.2, 0) is 0 Å². The first-order valence-corrected chi connectivity index (χ1v) is 5.39. The number of amides is 1. The third-order valence-electron chi connectivity index (χ3n) is 3.77. The van der Waals surface area contributed by atoms with E-state index in [2.05, 4.69) is 0 Å². The average molecular weight is 235 g/mol. The van der Waals surface area contributed by atoms with Crippen LogP contribution in [0.25, 0.3) is 0 Å². The monoisotopic (exact) mass is 235 g/mol. The lowest BCUT2D eigenvalue weighted by molar-refractivity contribution is -0.0654. The Morgan fingerprint density at radius 2 is 1.81 bits per heavy atom. The van der Waals surface area contributed by atoms with Crippen LogP contribution in [0.5, 0.6) is 0 Å². The SMILES string of the molecule is O=C(O)N1CC2(CCC(F)(F)CC2)CC1O.